The maximum absolute atomic E-state index is 12.1. The van der Waals surface area contributed by atoms with Crippen LogP contribution in [0.25, 0.3) is 0 Å². The minimum atomic E-state index is -5.31. The summed E-state index contributed by atoms with van der Waals surface area (Å²) in [5, 5.41) is 1.46. The van der Waals surface area contributed by atoms with E-state index in [0.29, 0.717) is 0 Å². The summed E-state index contributed by atoms with van der Waals surface area (Å²) >= 11 is -0.157. The van der Waals surface area contributed by atoms with Crippen LogP contribution in [0.1, 0.15) is 0 Å². The summed E-state index contributed by atoms with van der Waals surface area (Å²) < 4.78 is 72.7. The molecule has 1 heterocycles. The molecule has 0 saturated carbocycles. The number of thioether (sulfide) groups is 1. The van der Waals surface area contributed by atoms with Crippen molar-refractivity contribution < 1.29 is 31.8 Å². The fourth-order valence-corrected chi connectivity index (χ4v) is 2.05. The van der Waals surface area contributed by atoms with Crippen LogP contribution in [0, 0.1) is 0 Å². The number of hydrogen-bond donors (Lipinski definition) is 1. The lowest BCUT2D eigenvalue weighted by Gasteiger charge is -2.32. The van der Waals surface area contributed by atoms with E-state index in [1.165, 1.54) is 5.32 Å². The minimum Gasteiger partial charge on any atom is -0.412 e. The number of halogens is 6. The van der Waals surface area contributed by atoms with Crippen molar-refractivity contribution in [3.63, 3.8) is 0 Å². The largest absolute Gasteiger partial charge is 0.425 e. The molecule has 0 spiro atoms. The minimum absolute atomic E-state index is 0. The van der Waals surface area contributed by atoms with Crippen LogP contribution in [-0.2, 0) is 0 Å². The van der Waals surface area contributed by atoms with E-state index in [9.17, 15) is 26.3 Å². The summed E-state index contributed by atoms with van der Waals surface area (Å²) in [6, 6.07) is 0. The highest BCUT2D eigenvalue weighted by molar-refractivity contribution is 8.01. The van der Waals surface area contributed by atoms with Gasteiger partial charge in [0.2, 0.25) is 0 Å². The maximum atomic E-state index is 12.1. The van der Waals surface area contributed by atoms with Crippen molar-refractivity contribution in [2.24, 2.45) is 0 Å². The Morgan fingerprint density at radius 1 is 1.00 bits per heavy atom. The SMILES string of the molecule is FC(F)(F)C1(C(F)(F)F)NCCS1.O. The van der Waals surface area contributed by atoms with E-state index in [2.05, 4.69) is 0 Å². The van der Waals surface area contributed by atoms with Gasteiger partial charge < -0.3 is 5.48 Å². The molecule has 0 unspecified atom stereocenters. The molecule has 0 aromatic heterocycles. The van der Waals surface area contributed by atoms with Crippen LogP contribution in [0.15, 0.2) is 0 Å². The molecule has 0 aliphatic carbocycles. The first-order chi connectivity index (χ1) is 5.71. The highest BCUT2D eigenvalue weighted by Crippen LogP contribution is 2.51. The van der Waals surface area contributed by atoms with Crippen LogP contribution >= 0.6 is 11.8 Å². The molecule has 0 aromatic carbocycles. The fraction of sp³-hybridized carbons (Fsp3) is 1.00. The highest BCUT2D eigenvalue weighted by Gasteiger charge is 2.72. The van der Waals surface area contributed by atoms with E-state index in [0.717, 1.165) is 0 Å². The molecule has 1 aliphatic heterocycles. The molecule has 14 heavy (non-hydrogen) atoms. The van der Waals surface area contributed by atoms with E-state index in [1.807, 2.05) is 0 Å². The molecule has 9 heteroatoms. The van der Waals surface area contributed by atoms with Gasteiger partial charge in [0.25, 0.3) is 4.87 Å². The maximum Gasteiger partial charge on any atom is 0.425 e. The van der Waals surface area contributed by atoms with Crippen LogP contribution in [0.5, 0.6) is 0 Å². The second kappa shape index (κ2) is 3.78. The fourth-order valence-electron chi connectivity index (χ4n) is 1.01. The van der Waals surface area contributed by atoms with Gasteiger partial charge in [-0.3, -0.25) is 5.32 Å². The van der Waals surface area contributed by atoms with E-state index in [1.54, 1.807) is 0 Å². The molecule has 3 N–H and O–H groups in total. The molecule has 1 aliphatic rings. The van der Waals surface area contributed by atoms with Crippen LogP contribution in [0.2, 0.25) is 0 Å². The van der Waals surface area contributed by atoms with Crippen LogP contribution in [0.4, 0.5) is 26.3 Å². The Morgan fingerprint density at radius 3 is 1.57 bits per heavy atom. The molecule has 1 rings (SSSR count). The molecule has 0 radical (unpaired) electrons. The van der Waals surface area contributed by atoms with Gasteiger partial charge in [0.15, 0.2) is 0 Å². The average molecular weight is 243 g/mol. The van der Waals surface area contributed by atoms with Crippen molar-refractivity contribution in [3.05, 3.63) is 0 Å². The predicted octanol–water partition coefficient (Wildman–Crippen LogP) is 1.32. The van der Waals surface area contributed by atoms with Gasteiger partial charge in [0, 0.05) is 12.3 Å². The Bertz CT molecular complexity index is 179. The van der Waals surface area contributed by atoms with E-state index in [4.69, 9.17) is 0 Å². The average Bonchev–Trinajstić information content (AvgIpc) is 2.28. The monoisotopic (exact) mass is 243 g/mol. The third kappa shape index (κ3) is 1.94. The third-order valence-corrected chi connectivity index (χ3v) is 3.04. The molecular formula is C5H7F6NOS. The van der Waals surface area contributed by atoms with Crippen molar-refractivity contribution in [2.45, 2.75) is 17.2 Å². The number of alkyl halides is 6. The first-order valence-corrected chi connectivity index (χ1v) is 4.22. The molecule has 2 nitrogen and oxygen atoms in total. The van der Waals surface area contributed by atoms with Crippen molar-refractivity contribution in [1.29, 1.82) is 0 Å². The number of hydrogen-bond acceptors (Lipinski definition) is 2. The van der Waals surface area contributed by atoms with E-state index >= 15 is 0 Å². The quantitative estimate of drug-likeness (QED) is 0.652. The van der Waals surface area contributed by atoms with E-state index < -0.39 is 17.2 Å². The molecule has 0 atom stereocenters. The molecule has 0 amide bonds. The van der Waals surface area contributed by atoms with Gasteiger partial charge in [-0.05, 0) is 0 Å². The van der Waals surface area contributed by atoms with Gasteiger partial charge in [0.1, 0.15) is 0 Å². The van der Waals surface area contributed by atoms with Gasteiger partial charge in [-0.25, -0.2) is 0 Å². The zero-order chi connectivity index (χ0) is 10.3. The van der Waals surface area contributed by atoms with Crippen LogP contribution in [-0.4, -0.2) is 35.0 Å². The lowest BCUT2D eigenvalue weighted by molar-refractivity contribution is -0.271. The summed E-state index contributed by atoms with van der Waals surface area (Å²) in [6.07, 6.45) is -10.6. The topological polar surface area (TPSA) is 43.5 Å². The highest BCUT2D eigenvalue weighted by atomic mass is 32.2. The Labute approximate surface area is 79.3 Å². The predicted molar refractivity (Wildman–Crippen MR) is 38.9 cm³/mol. The van der Waals surface area contributed by atoms with Gasteiger partial charge in [-0.15, -0.1) is 11.8 Å². The molecule has 0 aromatic rings. The summed E-state index contributed by atoms with van der Waals surface area (Å²) in [5.74, 6) is -0.195. The Hall–Kier alpha value is -0.150. The molecule has 0 bridgehead atoms. The Kier molecular flexibility index (Phi) is 3.74. The standard InChI is InChI=1S/C5H5F6NS.H2O/c6-4(7,8)3(5(9,10)11)12-1-2-13-3;/h12H,1-2H2;1H2. The first kappa shape index (κ1) is 13.8. The summed E-state index contributed by atoms with van der Waals surface area (Å²) in [5.41, 5.74) is 0. The van der Waals surface area contributed by atoms with Crippen molar-refractivity contribution >= 4 is 11.8 Å². The zero-order valence-electron chi connectivity index (χ0n) is 6.59. The second-order valence-corrected chi connectivity index (χ2v) is 3.76. The van der Waals surface area contributed by atoms with Crippen LogP contribution in [0.3, 0.4) is 0 Å². The van der Waals surface area contributed by atoms with Crippen molar-refractivity contribution in [1.82, 2.24) is 5.32 Å². The van der Waals surface area contributed by atoms with Gasteiger partial charge in [-0.2, -0.15) is 26.3 Å². The smallest absolute Gasteiger partial charge is 0.412 e. The summed E-state index contributed by atoms with van der Waals surface area (Å²) in [7, 11) is 0. The molecular weight excluding hydrogens is 236 g/mol. The van der Waals surface area contributed by atoms with Gasteiger partial charge in [-0.1, -0.05) is 0 Å². The third-order valence-electron chi connectivity index (χ3n) is 1.59. The summed E-state index contributed by atoms with van der Waals surface area (Å²) in [6.45, 7) is -0.288. The van der Waals surface area contributed by atoms with Gasteiger partial charge in [0.05, 0.1) is 0 Å². The van der Waals surface area contributed by atoms with Gasteiger partial charge >= 0.3 is 12.4 Å². The lowest BCUT2D eigenvalue weighted by atomic mass is 10.2. The molecule has 86 valence electrons. The lowest BCUT2D eigenvalue weighted by Crippen LogP contribution is -2.60. The van der Waals surface area contributed by atoms with Crippen molar-refractivity contribution in [2.75, 3.05) is 12.3 Å². The summed E-state index contributed by atoms with van der Waals surface area (Å²) in [4.78, 5) is -3.76. The molecule has 1 fully saturated rings. The Morgan fingerprint density at radius 2 is 1.43 bits per heavy atom. The first-order valence-electron chi connectivity index (χ1n) is 3.23. The van der Waals surface area contributed by atoms with Crippen molar-refractivity contribution in [3.8, 4) is 0 Å². The molecule has 1 saturated heterocycles. The number of nitrogens with one attached hydrogen (secondary N) is 1. The van der Waals surface area contributed by atoms with E-state index in [-0.39, 0.29) is 29.5 Å². The normalized spacial score (nSPS) is 21.9. The number of rotatable bonds is 0. The Balaban J connectivity index is 0.00000169. The zero-order valence-corrected chi connectivity index (χ0v) is 7.41. The second-order valence-electron chi connectivity index (χ2n) is 2.45. The van der Waals surface area contributed by atoms with Crippen LogP contribution < -0.4 is 5.32 Å².